The van der Waals surface area contributed by atoms with Crippen LogP contribution in [0.15, 0.2) is 30.7 Å². The number of fused-ring (bicyclic) bond motifs is 2. The Morgan fingerprint density at radius 3 is 2.42 bits per heavy atom. The van der Waals surface area contributed by atoms with E-state index in [9.17, 15) is 13.2 Å². The summed E-state index contributed by atoms with van der Waals surface area (Å²) in [5, 5.41) is 0. The molecule has 3 aliphatic rings. The molecule has 3 aliphatic heterocycles. The van der Waals surface area contributed by atoms with Gasteiger partial charge >= 0.3 is 6.18 Å². The Morgan fingerprint density at radius 2 is 1.83 bits per heavy atom. The largest absolute Gasteiger partial charge is 0.433 e. The number of piperazine rings is 1. The van der Waals surface area contributed by atoms with Crippen LogP contribution in [0.5, 0.6) is 0 Å². The third kappa shape index (κ3) is 2.55. The number of hydrogen-bond donors (Lipinski definition) is 0. The van der Waals surface area contributed by atoms with Crippen LogP contribution in [0.1, 0.15) is 17.8 Å². The molecule has 126 valence electrons. The summed E-state index contributed by atoms with van der Waals surface area (Å²) in [6, 6.07) is 5.07. The number of nitrogens with zero attached hydrogens (tertiary/aromatic N) is 5. The summed E-state index contributed by atoms with van der Waals surface area (Å²) in [5.41, 5.74) is 0.820. The van der Waals surface area contributed by atoms with Crippen LogP contribution >= 0.6 is 0 Å². The molecule has 5 rings (SSSR count). The van der Waals surface area contributed by atoms with Gasteiger partial charge in [0.15, 0.2) is 0 Å². The third-order valence-electron chi connectivity index (χ3n) is 4.64. The predicted molar refractivity (Wildman–Crippen MR) is 82.9 cm³/mol. The van der Waals surface area contributed by atoms with Gasteiger partial charge in [-0.15, -0.1) is 0 Å². The maximum atomic E-state index is 12.6. The van der Waals surface area contributed by atoms with Crippen molar-refractivity contribution in [2.45, 2.75) is 31.6 Å². The Morgan fingerprint density at radius 1 is 1.08 bits per heavy atom. The summed E-state index contributed by atoms with van der Waals surface area (Å²) < 4.78 is 37.9. The van der Waals surface area contributed by atoms with Crippen molar-refractivity contribution >= 4 is 11.5 Å². The van der Waals surface area contributed by atoms with Crippen LogP contribution in [-0.2, 0) is 6.18 Å². The van der Waals surface area contributed by atoms with Gasteiger partial charge in [0.1, 0.15) is 17.8 Å². The molecule has 3 fully saturated rings. The Hall–Kier alpha value is -2.38. The van der Waals surface area contributed by atoms with Gasteiger partial charge in [-0.1, -0.05) is 0 Å². The van der Waals surface area contributed by atoms with E-state index in [0.29, 0.717) is 0 Å². The summed E-state index contributed by atoms with van der Waals surface area (Å²) in [6.07, 6.45) is -0.471. The molecular formula is C16H16F3N5. The molecule has 2 atom stereocenters. The van der Waals surface area contributed by atoms with Crippen LogP contribution in [0.3, 0.4) is 0 Å². The zero-order chi connectivity index (χ0) is 16.9. The summed E-state index contributed by atoms with van der Waals surface area (Å²) >= 11 is 0. The molecule has 5 nitrogen and oxygen atoms in total. The fraction of sp³-hybridized carbons (Fsp3) is 0.438. The van der Waals surface area contributed by atoms with Crippen molar-refractivity contribution in [2.75, 3.05) is 22.9 Å². The second-order valence-electron chi connectivity index (χ2n) is 6.27. The number of halogens is 3. The highest BCUT2D eigenvalue weighted by Gasteiger charge is 2.45. The lowest BCUT2D eigenvalue weighted by molar-refractivity contribution is -0.141. The molecular weight excluding hydrogens is 319 g/mol. The van der Waals surface area contributed by atoms with Gasteiger partial charge in [-0.05, 0) is 25.5 Å². The SMILES string of the molecule is Cc1cc(N2CC3CC(C2)N3c2ccc(C(F)(F)F)nc2)ncn1. The van der Waals surface area contributed by atoms with Crippen LogP contribution in [0.25, 0.3) is 0 Å². The number of anilines is 2. The molecule has 5 heterocycles. The minimum atomic E-state index is -4.40. The molecule has 0 saturated carbocycles. The Labute approximate surface area is 137 Å². The predicted octanol–water partition coefficient (Wildman–Crippen LogP) is 2.67. The van der Waals surface area contributed by atoms with Crippen LogP contribution in [-0.4, -0.2) is 40.1 Å². The topological polar surface area (TPSA) is 45.2 Å². The minimum absolute atomic E-state index is 0.276. The lowest BCUT2D eigenvalue weighted by Gasteiger charge is -2.57. The average molecular weight is 335 g/mol. The third-order valence-corrected chi connectivity index (χ3v) is 4.64. The van der Waals surface area contributed by atoms with Crippen molar-refractivity contribution in [2.24, 2.45) is 0 Å². The zero-order valence-corrected chi connectivity index (χ0v) is 13.0. The maximum absolute atomic E-state index is 12.6. The van der Waals surface area contributed by atoms with Crippen LogP contribution in [0.2, 0.25) is 0 Å². The maximum Gasteiger partial charge on any atom is 0.433 e. The first-order valence-corrected chi connectivity index (χ1v) is 7.77. The van der Waals surface area contributed by atoms with E-state index in [1.54, 1.807) is 6.33 Å². The summed E-state index contributed by atoms with van der Waals surface area (Å²) in [7, 11) is 0. The van der Waals surface area contributed by atoms with Gasteiger partial charge in [-0.3, -0.25) is 0 Å². The van der Waals surface area contributed by atoms with Crippen LogP contribution in [0, 0.1) is 6.92 Å². The molecule has 0 N–H and O–H groups in total. The molecule has 2 aromatic rings. The van der Waals surface area contributed by atoms with Crippen LogP contribution in [0.4, 0.5) is 24.7 Å². The number of aromatic nitrogens is 3. The smallest absolute Gasteiger partial charge is 0.361 e. The van der Waals surface area contributed by atoms with Crippen molar-refractivity contribution in [3.8, 4) is 0 Å². The van der Waals surface area contributed by atoms with E-state index in [0.717, 1.165) is 42.8 Å². The van der Waals surface area contributed by atoms with Crippen molar-refractivity contribution in [1.82, 2.24) is 15.0 Å². The Balaban J connectivity index is 1.49. The highest BCUT2D eigenvalue weighted by Crippen LogP contribution is 2.38. The number of rotatable bonds is 2. The highest BCUT2D eigenvalue weighted by molar-refractivity contribution is 5.55. The van der Waals surface area contributed by atoms with E-state index in [2.05, 4.69) is 24.8 Å². The fourth-order valence-electron chi connectivity index (χ4n) is 3.54. The van der Waals surface area contributed by atoms with E-state index < -0.39 is 11.9 Å². The van der Waals surface area contributed by atoms with E-state index in [-0.39, 0.29) is 12.1 Å². The summed E-state index contributed by atoms with van der Waals surface area (Å²) in [4.78, 5) is 16.4. The standard InChI is InChI=1S/C16H16F3N5/c1-10-4-15(22-9-21-10)23-7-12-5-13(8-23)24(12)11-2-3-14(20-6-11)16(17,18)19/h2-4,6,9,12-13H,5,7-8H2,1H3. The quantitative estimate of drug-likeness (QED) is 0.844. The summed E-state index contributed by atoms with van der Waals surface area (Å²) in [6.45, 7) is 3.53. The number of pyridine rings is 1. The van der Waals surface area contributed by atoms with E-state index >= 15 is 0 Å². The van der Waals surface area contributed by atoms with E-state index in [1.807, 2.05) is 13.0 Å². The van der Waals surface area contributed by atoms with E-state index in [1.165, 1.54) is 12.3 Å². The fourth-order valence-corrected chi connectivity index (χ4v) is 3.54. The molecule has 2 unspecified atom stereocenters. The monoisotopic (exact) mass is 335 g/mol. The van der Waals surface area contributed by atoms with Gasteiger partial charge in [0.2, 0.25) is 0 Å². The first-order valence-electron chi connectivity index (χ1n) is 7.77. The molecule has 0 amide bonds. The lowest BCUT2D eigenvalue weighted by Crippen LogP contribution is -2.69. The first kappa shape index (κ1) is 15.2. The molecule has 0 aromatic carbocycles. The van der Waals surface area contributed by atoms with Crippen LogP contribution < -0.4 is 9.80 Å². The lowest BCUT2D eigenvalue weighted by atomic mass is 9.86. The molecule has 8 heteroatoms. The summed E-state index contributed by atoms with van der Waals surface area (Å²) in [5.74, 6) is 0.905. The normalized spacial score (nSPS) is 23.2. The average Bonchev–Trinajstić information content (AvgIpc) is 2.54. The van der Waals surface area contributed by atoms with Crippen molar-refractivity contribution in [3.63, 3.8) is 0 Å². The molecule has 2 bridgehead atoms. The second-order valence-corrected chi connectivity index (χ2v) is 6.27. The minimum Gasteiger partial charge on any atom is -0.361 e. The molecule has 0 spiro atoms. The molecule has 0 aliphatic carbocycles. The van der Waals surface area contributed by atoms with Gasteiger partial charge in [0.25, 0.3) is 0 Å². The zero-order valence-electron chi connectivity index (χ0n) is 13.0. The van der Waals surface area contributed by atoms with Gasteiger partial charge in [-0.2, -0.15) is 13.2 Å². The van der Waals surface area contributed by atoms with Crippen molar-refractivity contribution < 1.29 is 13.2 Å². The van der Waals surface area contributed by atoms with E-state index in [4.69, 9.17) is 0 Å². The molecule has 0 radical (unpaired) electrons. The number of piperidine rings is 1. The van der Waals surface area contributed by atoms with Gasteiger partial charge in [0, 0.05) is 36.9 Å². The Bertz CT molecular complexity index is 734. The Kier molecular flexibility index (Phi) is 3.36. The van der Waals surface area contributed by atoms with Gasteiger partial charge in [0.05, 0.1) is 11.9 Å². The molecule has 3 saturated heterocycles. The highest BCUT2D eigenvalue weighted by atomic mass is 19.4. The molecule has 24 heavy (non-hydrogen) atoms. The number of alkyl halides is 3. The number of hydrogen-bond acceptors (Lipinski definition) is 5. The first-order chi connectivity index (χ1) is 11.4. The van der Waals surface area contributed by atoms with Crippen molar-refractivity contribution in [3.05, 3.63) is 42.1 Å². The van der Waals surface area contributed by atoms with Gasteiger partial charge in [-0.25, -0.2) is 15.0 Å². The number of aryl methyl sites for hydroxylation is 1. The van der Waals surface area contributed by atoms with Gasteiger partial charge < -0.3 is 9.80 Å². The molecule has 2 aromatic heterocycles. The second kappa shape index (κ2) is 5.32. The van der Waals surface area contributed by atoms with Crippen molar-refractivity contribution in [1.29, 1.82) is 0 Å².